The summed E-state index contributed by atoms with van der Waals surface area (Å²) in [6.45, 7) is 3.98. The molecular formula is C12H13N5O2. The lowest BCUT2D eigenvalue weighted by Crippen LogP contribution is -2.25. The Morgan fingerprint density at radius 3 is 2.84 bits per heavy atom. The van der Waals surface area contributed by atoms with E-state index in [0.29, 0.717) is 6.54 Å². The Bertz CT molecular complexity index is 665. The molecule has 0 bridgehead atoms. The molecule has 7 nitrogen and oxygen atoms in total. The summed E-state index contributed by atoms with van der Waals surface area (Å²) in [6, 6.07) is 4.41. The fraction of sp³-hybridized carbons (Fsp3) is 0.250. The summed E-state index contributed by atoms with van der Waals surface area (Å²) < 4.78 is 1.21. The first-order chi connectivity index (χ1) is 9.10. The molecule has 2 aromatic rings. The molecule has 0 unspecified atom stereocenters. The molecule has 2 rings (SSSR count). The zero-order valence-electron chi connectivity index (χ0n) is 10.6. The van der Waals surface area contributed by atoms with Gasteiger partial charge in [0, 0.05) is 24.5 Å². The lowest BCUT2D eigenvalue weighted by molar-refractivity contribution is 0.101. The quantitative estimate of drug-likeness (QED) is 0.872. The van der Waals surface area contributed by atoms with Crippen molar-refractivity contribution in [3.05, 3.63) is 46.1 Å². The van der Waals surface area contributed by atoms with Crippen LogP contribution in [0.5, 0.6) is 0 Å². The van der Waals surface area contributed by atoms with E-state index in [9.17, 15) is 9.59 Å². The van der Waals surface area contributed by atoms with E-state index in [4.69, 9.17) is 0 Å². The number of amides is 1. The molecule has 0 aliphatic carbocycles. The summed E-state index contributed by atoms with van der Waals surface area (Å²) in [7, 11) is 0. The molecule has 0 saturated heterocycles. The molecule has 0 atom stereocenters. The number of aryl methyl sites for hydroxylation is 2. The molecule has 19 heavy (non-hydrogen) atoms. The van der Waals surface area contributed by atoms with Crippen LogP contribution in [0.2, 0.25) is 0 Å². The Morgan fingerprint density at radius 2 is 2.16 bits per heavy atom. The third-order valence-corrected chi connectivity index (χ3v) is 2.42. The molecular weight excluding hydrogens is 246 g/mol. The zero-order chi connectivity index (χ0) is 13.8. The number of hydrogen-bond donors (Lipinski definition) is 1. The summed E-state index contributed by atoms with van der Waals surface area (Å²) >= 11 is 0. The van der Waals surface area contributed by atoms with Crippen LogP contribution in [0.1, 0.15) is 23.1 Å². The molecule has 2 aromatic heterocycles. The van der Waals surface area contributed by atoms with Crippen LogP contribution in [0, 0.1) is 6.92 Å². The topological polar surface area (TPSA) is 89.8 Å². The second kappa shape index (κ2) is 5.38. The molecule has 0 aliphatic rings. The van der Waals surface area contributed by atoms with Gasteiger partial charge in [0.25, 0.3) is 11.5 Å². The Kier molecular flexibility index (Phi) is 3.65. The van der Waals surface area contributed by atoms with E-state index >= 15 is 0 Å². The third kappa shape index (κ3) is 3.01. The van der Waals surface area contributed by atoms with Crippen molar-refractivity contribution in [1.82, 2.24) is 19.7 Å². The molecule has 7 heteroatoms. The van der Waals surface area contributed by atoms with E-state index < -0.39 is 5.91 Å². The average molecular weight is 259 g/mol. The van der Waals surface area contributed by atoms with Gasteiger partial charge in [-0.2, -0.15) is 5.10 Å². The van der Waals surface area contributed by atoms with Crippen LogP contribution in [0.4, 0.5) is 5.95 Å². The average Bonchev–Trinajstić information content (AvgIpc) is 2.39. The van der Waals surface area contributed by atoms with Gasteiger partial charge in [-0.15, -0.1) is 0 Å². The summed E-state index contributed by atoms with van der Waals surface area (Å²) in [6.07, 6.45) is 1.55. The van der Waals surface area contributed by atoms with E-state index in [2.05, 4.69) is 20.4 Å². The van der Waals surface area contributed by atoms with Crippen molar-refractivity contribution in [2.45, 2.75) is 20.4 Å². The first-order valence-electron chi connectivity index (χ1n) is 5.79. The van der Waals surface area contributed by atoms with Crippen molar-refractivity contribution in [2.24, 2.45) is 0 Å². The highest BCUT2D eigenvalue weighted by Gasteiger charge is 2.10. The van der Waals surface area contributed by atoms with E-state index in [1.165, 1.54) is 16.8 Å². The normalized spacial score (nSPS) is 10.2. The third-order valence-electron chi connectivity index (χ3n) is 2.42. The maximum Gasteiger partial charge on any atom is 0.278 e. The SMILES string of the molecule is CCn1nc(C(=O)Nc2nccc(C)n2)ccc1=O. The molecule has 0 aromatic carbocycles. The maximum atomic E-state index is 11.9. The predicted octanol–water partition coefficient (Wildman–Crippen LogP) is 0.614. The monoisotopic (exact) mass is 259 g/mol. The van der Waals surface area contributed by atoms with Crippen LogP contribution in [0.3, 0.4) is 0 Å². The van der Waals surface area contributed by atoms with Crippen molar-refractivity contribution < 1.29 is 4.79 Å². The molecule has 0 fully saturated rings. The van der Waals surface area contributed by atoms with Gasteiger partial charge in [0.1, 0.15) is 5.69 Å². The molecule has 98 valence electrons. The largest absolute Gasteiger partial charge is 0.289 e. The molecule has 1 amide bonds. The number of rotatable bonds is 3. The number of nitrogens with one attached hydrogen (secondary N) is 1. The summed E-state index contributed by atoms with van der Waals surface area (Å²) in [5, 5.41) is 6.48. The van der Waals surface area contributed by atoms with Crippen LogP contribution in [0.25, 0.3) is 0 Å². The second-order valence-electron chi connectivity index (χ2n) is 3.85. The van der Waals surface area contributed by atoms with Crippen LogP contribution in [-0.4, -0.2) is 25.7 Å². The highest BCUT2D eigenvalue weighted by Crippen LogP contribution is 2.01. The number of nitrogens with zero attached hydrogens (tertiary/aromatic N) is 4. The Morgan fingerprint density at radius 1 is 1.37 bits per heavy atom. The van der Waals surface area contributed by atoms with Crippen LogP contribution < -0.4 is 10.9 Å². The van der Waals surface area contributed by atoms with Crippen molar-refractivity contribution in [3.8, 4) is 0 Å². The molecule has 1 N–H and O–H groups in total. The van der Waals surface area contributed by atoms with Crippen molar-refractivity contribution >= 4 is 11.9 Å². The first-order valence-corrected chi connectivity index (χ1v) is 5.79. The Labute approximate surface area is 109 Å². The number of carbonyl (C=O) groups is 1. The number of anilines is 1. The fourth-order valence-electron chi connectivity index (χ4n) is 1.47. The molecule has 2 heterocycles. The van der Waals surface area contributed by atoms with Crippen molar-refractivity contribution in [3.63, 3.8) is 0 Å². The van der Waals surface area contributed by atoms with Crippen molar-refractivity contribution in [2.75, 3.05) is 5.32 Å². The lowest BCUT2D eigenvalue weighted by atomic mass is 10.3. The molecule has 0 radical (unpaired) electrons. The van der Waals surface area contributed by atoms with Gasteiger partial charge < -0.3 is 0 Å². The molecule has 0 aliphatic heterocycles. The van der Waals surface area contributed by atoms with Gasteiger partial charge in [-0.25, -0.2) is 14.6 Å². The number of aromatic nitrogens is 4. The summed E-state index contributed by atoms with van der Waals surface area (Å²) in [5.74, 6) is -0.242. The minimum absolute atomic E-state index is 0.145. The van der Waals surface area contributed by atoms with Crippen molar-refractivity contribution in [1.29, 1.82) is 0 Å². The van der Waals surface area contributed by atoms with Gasteiger partial charge in [0.15, 0.2) is 0 Å². The minimum atomic E-state index is -0.451. The standard InChI is InChI=1S/C12H13N5O2/c1-3-17-10(18)5-4-9(16-17)11(19)15-12-13-7-6-8(2)14-12/h4-7H,3H2,1-2H3,(H,13,14,15,19). The van der Waals surface area contributed by atoms with Crippen LogP contribution >= 0.6 is 0 Å². The van der Waals surface area contributed by atoms with Gasteiger partial charge in [-0.3, -0.25) is 14.9 Å². The number of hydrogen-bond acceptors (Lipinski definition) is 5. The Hall–Kier alpha value is -2.57. The second-order valence-corrected chi connectivity index (χ2v) is 3.85. The lowest BCUT2D eigenvalue weighted by Gasteiger charge is -2.05. The fourth-order valence-corrected chi connectivity index (χ4v) is 1.47. The van der Waals surface area contributed by atoms with Crippen LogP contribution in [0.15, 0.2) is 29.2 Å². The van der Waals surface area contributed by atoms with E-state index in [0.717, 1.165) is 5.69 Å². The zero-order valence-corrected chi connectivity index (χ0v) is 10.6. The van der Waals surface area contributed by atoms with E-state index in [1.54, 1.807) is 26.1 Å². The minimum Gasteiger partial charge on any atom is -0.289 e. The van der Waals surface area contributed by atoms with Gasteiger partial charge in [-0.05, 0) is 26.0 Å². The molecule has 0 spiro atoms. The van der Waals surface area contributed by atoms with E-state index in [1.807, 2.05) is 0 Å². The molecule has 0 saturated carbocycles. The predicted molar refractivity (Wildman–Crippen MR) is 68.9 cm³/mol. The first kappa shape index (κ1) is 12.9. The van der Waals surface area contributed by atoms with Gasteiger partial charge in [0.2, 0.25) is 5.95 Å². The highest BCUT2D eigenvalue weighted by atomic mass is 16.2. The van der Waals surface area contributed by atoms with Crippen LogP contribution in [-0.2, 0) is 6.54 Å². The van der Waals surface area contributed by atoms with Gasteiger partial charge in [-0.1, -0.05) is 0 Å². The highest BCUT2D eigenvalue weighted by molar-refractivity contribution is 6.01. The summed E-state index contributed by atoms with van der Waals surface area (Å²) in [4.78, 5) is 31.3. The number of carbonyl (C=O) groups excluding carboxylic acids is 1. The van der Waals surface area contributed by atoms with Gasteiger partial charge in [0.05, 0.1) is 0 Å². The smallest absolute Gasteiger partial charge is 0.278 e. The summed E-state index contributed by atoms with van der Waals surface area (Å²) in [5.41, 5.74) is 0.647. The Balaban J connectivity index is 2.23. The maximum absolute atomic E-state index is 11.9. The van der Waals surface area contributed by atoms with E-state index in [-0.39, 0.29) is 17.2 Å². The van der Waals surface area contributed by atoms with Gasteiger partial charge >= 0.3 is 0 Å².